The van der Waals surface area contributed by atoms with Gasteiger partial charge in [0.05, 0.1) is 0 Å². The highest BCUT2D eigenvalue weighted by Crippen LogP contribution is 2.25. The zero-order valence-corrected chi connectivity index (χ0v) is 16.5. The van der Waals surface area contributed by atoms with Crippen LogP contribution in [-0.4, -0.2) is 29.9 Å². The summed E-state index contributed by atoms with van der Waals surface area (Å²) in [6.45, 7) is 4.23. The first-order valence-corrected chi connectivity index (χ1v) is 9.76. The highest BCUT2D eigenvalue weighted by molar-refractivity contribution is 7.13. The number of nitrogens with zero attached hydrogens (tertiary/aromatic N) is 1. The van der Waals surface area contributed by atoms with Crippen LogP contribution in [0, 0.1) is 6.92 Å². The van der Waals surface area contributed by atoms with Gasteiger partial charge in [-0.15, -0.1) is 11.3 Å². The molecule has 0 bridgehead atoms. The number of aromatic nitrogens is 1. The van der Waals surface area contributed by atoms with Crippen molar-refractivity contribution < 1.29 is 14.3 Å². The molecule has 2 aromatic carbocycles. The van der Waals surface area contributed by atoms with Crippen molar-refractivity contribution in [2.24, 2.45) is 0 Å². The molecular weight excluding hydrogens is 374 g/mol. The van der Waals surface area contributed by atoms with Crippen LogP contribution in [0.2, 0.25) is 0 Å². The minimum atomic E-state index is -0.298. The molecule has 3 rings (SSSR count). The van der Waals surface area contributed by atoms with Crippen LogP contribution in [0.1, 0.15) is 23.0 Å². The van der Waals surface area contributed by atoms with Crippen LogP contribution in [-0.2, 0) is 4.79 Å². The van der Waals surface area contributed by atoms with Gasteiger partial charge in [-0.05, 0) is 56.3 Å². The number of ether oxygens (including phenoxy) is 1. The summed E-state index contributed by atoms with van der Waals surface area (Å²) in [5, 5.41) is 8.42. The van der Waals surface area contributed by atoms with Crippen molar-refractivity contribution in [3.8, 4) is 16.3 Å². The van der Waals surface area contributed by atoms with E-state index in [-0.39, 0.29) is 18.4 Å². The van der Waals surface area contributed by atoms with E-state index in [1.807, 2.05) is 43.5 Å². The van der Waals surface area contributed by atoms with Crippen molar-refractivity contribution >= 4 is 28.8 Å². The molecule has 0 radical (unpaired) electrons. The molecule has 0 saturated carbocycles. The summed E-state index contributed by atoms with van der Waals surface area (Å²) in [5.74, 6) is 0.126. The second-order valence-corrected chi connectivity index (χ2v) is 6.95. The second kappa shape index (κ2) is 9.14. The van der Waals surface area contributed by atoms with Gasteiger partial charge in [-0.3, -0.25) is 9.59 Å². The van der Waals surface area contributed by atoms with Crippen LogP contribution >= 0.6 is 11.3 Å². The summed E-state index contributed by atoms with van der Waals surface area (Å²) >= 11 is 1.59. The fourth-order valence-corrected chi connectivity index (χ4v) is 3.33. The van der Waals surface area contributed by atoms with Crippen LogP contribution in [0.15, 0.2) is 53.9 Å². The van der Waals surface area contributed by atoms with Crippen molar-refractivity contribution in [3.05, 3.63) is 65.2 Å². The molecule has 0 aliphatic heterocycles. The summed E-state index contributed by atoms with van der Waals surface area (Å²) in [6, 6.07) is 14.2. The number of nitrogens with one attached hydrogen (secondary N) is 2. The SMILES string of the molecule is CCNC(=O)c1cccc(NC(=O)COc2ccc(-c3nc(C)cs3)cc2)c1. The van der Waals surface area contributed by atoms with Gasteiger partial charge in [0.2, 0.25) is 0 Å². The Hall–Kier alpha value is -3.19. The van der Waals surface area contributed by atoms with Crippen LogP contribution < -0.4 is 15.4 Å². The van der Waals surface area contributed by atoms with E-state index >= 15 is 0 Å². The number of carbonyl (C=O) groups excluding carboxylic acids is 2. The average molecular weight is 395 g/mol. The van der Waals surface area contributed by atoms with Gasteiger partial charge in [-0.2, -0.15) is 0 Å². The monoisotopic (exact) mass is 395 g/mol. The molecule has 6 nitrogen and oxygen atoms in total. The highest BCUT2D eigenvalue weighted by atomic mass is 32.1. The lowest BCUT2D eigenvalue weighted by Crippen LogP contribution is -2.23. The Morgan fingerprint density at radius 3 is 2.61 bits per heavy atom. The lowest BCUT2D eigenvalue weighted by Gasteiger charge is -2.09. The van der Waals surface area contributed by atoms with Crippen molar-refractivity contribution in [1.29, 1.82) is 0 Å². The van der Waals surface area contributed by atoms with E-state index < -0.39 is 0 Å². The van der Waals surface area contributed by atoms with Crippen molar-refractivity contribution in [2.45, 2.75) is 13.8 Å². The zero-order valence-electron chi connectivity index (χ0n) is 15.7. The van der Waals surface area contributed by atoms with Gasteiger partial charge in [-0.1, -0.05) is 6.07 Å². The first-order chi connectivity index (χ1) is 13.5. The molecule has 1 aromatic heterocycles. The first kappa shape index (κ1) is 19.6. The summed E-state index contributed by atoms with van der Waals surface area (Å²) in [7, 11) is 0. The second-order valence-electron chi connectivity index (χ2n) is 6.10. The van der Waals surface area contributed by atoms with E-state index in [4.69, 9.17) is 4.74 Å². The quantitative estimate of drug-likeness (QED) is 0.636. The molecule has 28 heavy (non-hydrogen) atoms. The number of hydrogen-bond donors (Lipinski definition) is 2. The van der Waals surface area contributed by atoms with Gasteiger partial charge < -0.3 is 15.4 Å². The Morgan fingerprint density at radius 1 is 1.14 bits per heavy atom. The largest absolute Gasteiger partial charge is 0.484 e. The molecule has 2 amide bonds. The summed E-state index contributed by atoms with van der Waals surface area (Å²) in [5.41, 5.74) is 3.05. The highest BCUT2D eigenvalue weighted by Gasteiger charge is 2.08. The minimum absolute atomic E-state index is 0.124. The molecule has 0 saturated heterocycles. The topological polar surface area (TPSA) is 80.3 Å². The van der Waals surface area contributed by atoms with E-state index in [1.54, 1.807) is 35.6 Å². The number of hydrogen-bond acceptors (Lipinski definition) is 5. The molecule has 0 spiro atoms. The molecule has 0 aliphatic carbocycles. The fourth-order valence-electron chi connectivity index (χ4n) is 2.53. The molecule has 0 aliphatic rings. The standard InChI is InChI=1S/C21H21N3O3S/c1-3-22-20(26)16-5-4-6-17(11-16)24-19(25)12-27-18-9-7-15(8-10-18)21-23-14(2)13-28-21/h4-11,13H,3,12H2,1-2H3,(H,22,26)(H,24,25). The molecule has 144 valence electrons. The van der Waals surface area contributed by atoms with Crippen molar-refractivity contribution in [3.63, 3.8) is 0 Å². The molecule has 0 atom stereocenters. The fraction of sp³-hybridized carbons (Fsp3) is 0.190. The molecule has 3 aromatic rings. The number of carbonyl (C=O) groups is 2. The predicted molar refractivity (Wildman–Crippen MR) is 111 cm³/mol. The van der Waals surface area contributed by atoms with E-state index in [0.29, 0.717) is 23.5 Å². The molecule has 7 heteroatoms. The van der Waals surface area contributed by atoms with Crippen molar-refractivity contribution in [2.75, 3.05) is 18.5 Å². The number of benzene rings is 2. The molecule has 0 fully saturated rings. The van der Waals surface area contributed by atoms with Crippen LogP contribution in [0.5, 0.6) is 5.75 Å². The third-order valence-electron chi connectivity index (χ3n) is 3.84. The average Bonchev–Trinajstić information content (AvgIpc) is 3.13. The van der Waals surface area contributed by atoms with E-state index in [0.717, 1.165) is 16.3 Å². The maximum Gasteiger partial charge on any atom is 0.262 e. The number of aryl methyl sites for hydroxylation is 1. The van der Waals surface area contributed by atoms with Gasteiger partial charge >= 0.3 is 0 Å². The number of anilines is 1. The smallest absolute Gasteiger partial charge is 0.262 e. The van der Waals surface area contributed by atoms with E-state index in [2.05, 4.69) is 15.6 Å². The summed E-state index contributed by atoms with van der Waals surface area (Å²) in [6.07, 6.45) is 0. The lowest BCUT2D eigenvalue weighted by atomic mass is 10.2. The molecule has 2 N–H and O–H groups in total. The van der Waals surface area contributed by atoms with E-state index in [9.17, 15) is 9.59 Å². The number of rotatable bonds is 7. The number of thiazole rings is 1. The Balaban J connectivity index is 1.54. The maximum atomic E-state index is 12.1. The van der Waals surface area contributed by atoms with Gasteiger partial charge in [0.1, 0.15) is 10.8 Å². The Bertz CT molecular complexity index is 967. The normalized spacial score (nSPS) is 10.4. The first-order valence-electron chi connectivity index (χ1n) is 8.88. The third kappa shape index (κ3) is 5.17. The minimum Gasteiger partial charge on any atom is -0.484 e. The van der Waals surface area contributed by atoms with Gasteiger partial charge in [0.15, 0.2) is 6.61 Å². The molecule has 1 heterocycles. The summed E-state index contributed by atoms with van der Waals surface area (Å²) < 4.78 is 5.54. The van der Waals surface area contributed by atoms with Crippen LogP contribution in [0.3, 0.4) is 0 Å². The van der Waals surface area contributed by atoms with Gasteiger partial charge in [0, 0.05) is 34.4 Å². The number of amides is 2. The Labute approximate surface area is 167 Å². The molecular formula is C21H21N3O3S. The Kier molecular flexibility index (Phi) is 6.39. The lowest BCUT2D eigenvalue weighted by molar-refractivity contribution is -0.118. The Morgan fingerprint density at radius 2 is 1.93 bits per heavy atom. The van der Waals surface area contributed by atoms with Gasteiger partial charge in [-0.25, -0.2) is 4.98 Å². The molecule has 0 unspecified atom stereocenters. The summed E-state index contributed by atoms with van der Waals surface area (Å²) in [4.78, 5) is 28.5. The van der Waals surface area contributed by atoms with Crippen molar-refractivity contribution in [1.82, 2.24) is 10.3 Å². The van der Waals surface area contributed by atoms with Crippen LogP contribution in [0.25, 0.3) is 10.6 Å². The van der Waals surface area contributed by atoms with E-state index in [1.165, 1.54) is 0 Å². The van der Waals surface area contributed by atoms with Gasteiger partial charge in [0.25, 0.3) is 11.8 Å². The predicted octanol–water partition coefficient (Wildman–Crippen LogP) is 3.89. The van der Waals surface area contributed by atoms with Crippen LogP contribution in [0.4, 0.5) is 5.69 Å². The third-order valence-corrected chi connectivity index (χ3v) is 4.85. The maximum absolute atomic E-state index is 12.1. The zero-order chi connectivity index (χ0) is 19.9.